The van der Waals surface area contributed by atoms with Gasteiger partial charge in [0, 0.05) is 18.6 Å². The van der Waals surface area contributed by atoms with Gasteiger partial charge in [-0.3, -0.25) is 9.69 Å². The second kappa shape index (κ2) is 6.13. The lowest BCUT2D eigenvalue weighted by molar-refractivity contribution is -0.137. The zero-order valence-electron chi connectivity index (χ0n) is 12.5. The summed E-state index contributed by atoms with van der Waals surface area (Å²) in [6.45, 7) is 0.382. The van der Waals surface area contributed by atoms with Gasteiger partial charge in [0.2, 0.25) is 5.91 Å². The van der Waals surface area contributed by atoms with Crippen molar-refractivity contribution in [3.63, 3.8) is 0 Å². The fourth-order valence-corrected chi connectivity index (χ4v) is 3.01. The predicted octanol–water partition coefficient (Wildman–Crippen LogP) is 2.09. The predicted molar refractivity (Wildman–Crippen MR) is 77.5 cm³/mol. The number of rotatable bonds is 4. The maximum absolute atomic E-state index is 12.9. The first-order valence-corrected chi connectivity index (χ1v) is 7.71. The largest absolute Gasteiger partial charge is 0.416 e. The summed E-state index contributed by atoms with van der Waals surface area (Å²) in [5, 5.41) is 12.7. The smallest absolute Gasteiger partial charge is 0.392 e. The van der Waals surface area contributed by atoms with Crippen LogP contribution in [-0.2, 0) is 11.0 Å². The summed E-state index contributed by atoms with van der Waals surface area (Å²) in [5.41, 5.74) is -0.227. The molecule has 0 spiro atoms. The highest BCUT2D eigenvalue weighted by atomic mass is 19.4. The third kappa shape index (κ3) is 4.03. The maximum atomic E-state index is 12.9. The molecule has 2 atom stereocenters. The molecule has 2 aliphatic rings. The number of alkyl halides is 3. The Morgan fingerprint density at radius 2 is 2.09 bits per heavy atom. The van der Waals surface area contributed by atoms with Crippen molar-refractivity contribution in [1.29, 1.82) is 0 Å². The van der Waals surface area contributed by atoms with Gasteiger partial charge in [0.1, 0.15) is 0 Å². The second-order valence-electron chi connectivity index (χ2n) is 6.30. The van der Waals surface area contributed by atoms with Gasteiger partial charge in [0.25, 0.3) is 0 Å². The number of likely N-dealkylation sites (tertiary alicyclic amines) is 1. The van der Waals surface area contributed by atoms with E-state index in [2.05, 4.69) is 5.32 Å². The molecule has 0 radical (unpaired) electrons. The number of hydrogen-bond donors (Lipinski definition) is 2. The molecule has 126 valence electrons. The van der Waals surface area contributed by atoms with Gasteiger partial charge in [0.05, 0.1) is 18.2 Å². The highest BCUT2D eigenvalue weighted by Crippen LogP contribution is 2.36. The van der Waals surface area contributed by atoms with Crippen LogP contribution in [0, 0.1) is 0 Å². The molecular weight excluding hydrogens is 309 g/mol. The monoisotopic (exact) mass is 328 g/mol. The van der Waals surface area contributed by atoms with E-state index in [4.69, 9.17) is 0 Å². The van der Waals surface area contributed by atoms with Crippen LogP contribution in [0.3, 0.4) is 0 Å². The summed E-state index contributed by atoms with van der Waals surface area (Å²) in [6.07, 6.45) is -2.75. The molecule has 1 heterocycles. The molecule has 23 heavy (non-hydrogen) atoms. The van der Waals surface area contributed by atoms with Gasteiger partial charge in [-0.2, -0.15) is 13.2 Å². The van der Waals surface area contributed by atoms with E-state index in [9.17, 15) is 23.1 Å². The van der Waals surface area contributed by atoms with Gasteiger partial charge in [-0.25, -0.2) is 0 Å². The number of nitrogens with zero attached hydrogens (tertiary/aromatic N) is 1. The van der Waals surface area contributed by atoms with Crippen LogP contribution in [0.4, 0.5) is 13.2 Å². The summed E-state index contributed by atoms with van der Waals surface area (Å²) in [5.74, 6) is -0.140. The fraction of sp³-hybridized carbons (Fsp3) is 0.562. The Balaban J connectivity index is 1.74. The zero-order chi connectivity index (χ0) is 16.6. The number of carbonyl (C=O) groups is 1. The molecule has 0 aromatic heterocycles. The lowest BCUT2D eigenvalue weighted by Crippen LogP contribution is -2.38. The van der Waals surface area contributed by atoms with E-state index in [1.54, 1.807) is 11.0 Å². The van der Waals surface area contributed by atoms with E-state index in [1.807, 2.05) is 0 Å². The Kier molecular flexibility index (Phi) is 4.33. The average molecular weight is 328 g/mol. The summed E-state index contributed by atoms with van der Waals surface area (Å²) in [7, 11) is 0. The number of aliphatic hydroxyl groups is 1. The molecule has 7 heteroatoms. The van der Waals surface area contributed by atoms with E-state index in [-0.39, 0.29) is 24.5 Å². The second-order valence-corrected chi connectivity index (χ2v) is 6.30. The first-order chi connectivity index (χ1) is 10.8. The Bertz CT molecular complexity index is 587. The molecule has 0 unspecified atom stereocenters. The molecule has 4 nitrogen and oxygen atoms in total. The minimum Gasteiger partial charge on any atom is -0.392 e. The van der Waals surface area contributed by atoms with Crippen molar-refractivity contribution in [3.05, 3.63) is 35.4 Å². The molecule has 1 saturated carbocycles. The first-order valence-electron chi connectivity index (χ1n) is 7.71. The Hall–Kier alpha value is -1.60. The van der Waals surface area contributed by atoms with Gasteiger partial charge in [-0.1, -0.05) is 12.1 Å². The molecule has 1 aliphatic heterocycles. The van der Waals surface area contributed by atoms with Crippen LogP contribution in [0.1, 0.15) is 36.4 Å². The van der Waals surface area contributed by atoms with Crippen molar-refractivity contribution in [1.82, 2.24) is 10.2 Å². The minimum absolute atomic E-state index is 0.0917. The Morgan fingerprint density at radius 1 is 1.35 bits per heavy atom. The van der Waals surface area contributed by atoms with E-state index in [0.717, 1.165) is 25.0 Å². The highest BCUT2D eigenvalue weighted by molar-refractivity contribution is 5.78. The average Bonchev–Trinajstić information content (AvgIpc) is 3.20. The maximum Gasteiger partial charge on any atom is 0.416 e. The van der Waals surface area contributed by atoms with Gasteiger partial charge >= 0.3 is 6.18 Å². The van der Waals surface area contributed by atoms with Crippen molar-refractivity contribution in [2.75, 3.05) is 13.1 Å². The molecule has 1 aromatic carbocycles. The number of carbonyl (C=O) groups excluding carboxylic acids is 1. The van der Waals surface area contributed by atoms with E-state index >= 15 is 0 Å². The number of β-amino-alcohol motifs (C(OH)–C–C–N with tert-alkyl or cyclic N) is 1. The topological polar surface area (TPSA) is 52.6 Å². The number of benzene rings is 1. The molecule has 0 bridgehead atoms. The Morgan fingerprint density at radius 3 is 2.74 bits per heavy atom. The van der Waals surface area contributed by atoms with Crippen LogP contribution in [0.15, 0.2) is 24.3 Å². The lowest BCUT2D eigenvalue weighted by Gasteiger charge is -2.24. The van der Waals surface area contributed by atoms with E-state index < -0.39 is 17.8 Å². The van der Waals surface area contributed by atoms with Crippen molar-refractivity contribution >= 4 is 5.91 Å². The molecule has 1 saturated heterocycles. The van der Waals surface area contributed by atoms with Gasteiger partial charge in [-0.05, 0) is 37.0 Å². The van der Waals surface area contributed by atoms with Crippen LogP contribution < -0.4 is 5.32 Å². The summed E-state index contributed by atoms with van der Waals surface area (Å²) in [4.78, 5) is 13.7. The van der Waals surface area contributed by atoms with Crippen molar-refractivity contribution in [2.45, 2.75) is 43.6 Å². The van der Waals surface area contributed by atoms with Crippen LogP contribution >= 0.6 is 0 Å². The quantitative estimate of drug-likeness (QED) is 0.890. The van der Waals surface area contributed by atoms with Gasteiger partial charge in [-0.15, -0.1) is 0 Å². The van der Waals surface area contributed by atoms with Crippen molar-refractivity contribution in [2.24, 2.45) is 0 Å². The van der Waals surface area contributed by atoms with Crippen LogP contribution in [0.5, 0.6) is 0 Å². The van der Waals surface area contributed by atoms with Crippen LogP contribution in [0.25, 0.3) is 0 Å². The highest BCUT2D eigenvalue weighted by Gasteiger charge is 2.36. The molecule has 3 rings (SSSR count). The molecule has 1 aromatic rings. The van der Waals surface area contributed by atoms with Gasteiger partial charge < -0.3 is 10.4 Å². The fourth-order valence-electron chi connectivity index (χ4n) is 3.01. The minimum atomic E-state index is -4.40. The zero-order valence-corrected chi connectivity index (χ0v) is 12.5. The van der Waals surface area contributed by atoms with Crippen LogP contribution in [0.2, 0.25) is 0 Å². The molecular formula is C16H19F3N2O2. The summed E-state index contributed by atoms with van der Waals surface area (Å²) >= 11 is 0. The van der Waals surface area contributed by atoms with E-state index in [1.165, 1.54) is 6.07 Å². The third-order valence-corrected chi connectivity index (χ3v) is 4.27. The molecule has 2 fully saturated rings. The Labute approximate surface area is 132 Å². The summed E-state index contributed by atoms with van der Waals surface area (Å²) < 4.78 is 38.6. The SMILES string of the molecule is O=C(CN1C[C@@H](O)C[C@H]1c1cccc(C(F)(F)F)c1)NC1CC1. The number of aliphatic hydroxyl groups excluding tert-OH is 1. The number of halogens is 3. The number of hydrogen-bond acceptors (Lipinski definition) is 3. The van der Waals surface area contributed by atoms with Crippen LogP contribution in [-0.4, -0.2) is 41.1 Å². The molecule has 1 amide bonds. The van der Waals surface area contributed by atoms with Crippen molar-refractivity contribution in [3.8, 4) is 0 Å². The van der Waals surface area contributed by atoms with Crippen molar-refractivity contribution < 1.29 is 23.1 Å². The first kappa shape index (κ1) is 16.3. The standard InChI is InChI=1S/C16H19F3N2O2/c17-16(18,19)11-3-1-2-10(6-11)14-7-13(22)8-21(14)9-15(23)20-12-4-5-12/h1-3,6,12-14,22H,4-5,7-9H2,(H,20,23)/t13-,14-/m0/s1. The van der Waals surface area contributed by atoms with E-state index in [0.29, 0.717) is 18.5 Å². The number of nitrogens with one attached hydrogen (secondary N) is 1. The molecule has 2 N–H and O–H groups in total. The molecule has 1 aliphatic carbocycles. The summed E-state index contributed by atoms with van der Waals surface area (Å²) in [6, 6.07) is 4.97. The normalized spacial score (nSPS) is 25.6. The number of amides is 1. The van der Waals surface area contributed by atoms with Gasteiger partial charge in [0.15, 0.2) is 0 Å². The third-order valence-electron chi connectivity index (χ3n) is 4.27. The lowest BCUT2D eigenvalue weighted by atomic mass is 10.0.